The van der Waals surface area contributed by atoms with Gasteiger partial charge in [-0.3, -0.25) is 0 Å². The summed E-state index contributed by atoms with van der Waals surface area (Å²) in [6, 6.07) is 10.1. The smallest absolute Gasteiger partial charge is 0.187 e. The highest BCUT2D eigenvalue weighted by Gasteiger charge is 2.07. The zero-order chi connectivity index (χ0) is 11.4. The third-order valence-corrected chi connectivity index (χ3v) is 3.44. The molecule has 1 atom stereocenters. The van der Waals surface area contributed by atoms with Gasteiger partial charge in [-0.2, -0.15) is 0 Å². The molecule has 0 bridgehead atoms. The van der Waals surface area contributed by atoms with Crippen molar-refractivity contribution < 1.29 is 1.43 Å². The predicted molar refractivity (Wildman–Crippen MR) is 72.7 cm³/mol. The van der Waals surface area contributed by atoms with Crippen molar-refractivity contribution in [2.75, 3.05) is 5.32 Å². The third kappa shape index (κ3) is 2.61. The summed E-state index contributed by atoms with van der Waals surface area (Å²) in [4.78, 5) is 4.58. The fourth-order valence-corrected chi connectivity index (χ4v) is 2.28. The van der Waals surface area contributed by atoms with Crippen molar-refractivity contribution in [2.45, 2.75) is 26.2 Å². The molecule has 1 aromatic heterocycles. The highest BCUT2D eigenvalue weighted by atomic mass is 32.1. The molecule has 0 spiro atoms. The van der Waals surface area contributed by atoms with Gasteiger partial charge in [-0.15, -0.1) is 11.3 Å². The van der Waals surface area contributed by atoms with Crippen LogP contribution in [0.4, 0.5) is 10.8 Å². The Labute approximate surface area is 102 Å². The largest absolute Gasteiger partial charge is 0.332 e. The summed E-state index contributed by atoms with van der Waals surface area (Å²) in [7, 11) is 0. The number of anilines is 2. The van der Waals surface area contributed by atoms with E-state index in [0.29, 0.717) is 5.92 Å². The zero-order valence-electron chi connectivity index (χ0n) is 9.60. The molecule has 2 aromatic rings. The quantitative estimate of drug-likeness (QED) is 0.833. The maximum absolute atomic E-state index is 4.58. The monoisotopic (exact) mass is 234 g/mol. The van der Waals surface area contributed by atoms with Crippen LogP contribution in [0.15, 0.2) is 35.7 Å². The van der Waals surface area contributed by atoms with Crippen LogP contribution in [0.3, 0.4) is 0 Å². The zero-order valence-corrected chi connectivity index (χ0v) is 10.4. The Bertz CT molecular complexity index is 442. The van der Waals surface area contributed by atoms with Gasteiger partial charge in [0.15, 0.2) is 5.13 Å². The predicted octanol–water partition coefficient (Wildman–Crippen LogP) is 4.65. The average Bonchev–Trinajstić information content (AvgIpc) is 2.78. The number of nitrogens with one attached hydrogen (secondary N) is 1. The second-order valence-electron chi connectivity index (χ2n) is 3.88. The van der Waals surface area contributed by atoms with Crippen LogP contribution in [0.25, 0.3) is 0 Å². The maximum Gasteiger partial charge on any atom is 0.187 e. The van der Waals surface area contributed by atoms with Crippen LogP contribution in [-0.4, -0.2) is 4.98 Å². The van der Waals surface area contributed by atoms with Crippen molar-refractivity contribution in [3.05, 3.63) is 41.4 Å². The molecule has 0 saturated carbocycles. The molecular weight excluding hydrogens is 216 g/mol. The van der Waals surface area contributed by atoms with E-state index in [0.717, 1.165) is 17.2 Å². The molecule has 86 valence electrons. The lowest BCUT2D eigenvalue weighted by Gasteiger charge is -2.03. The standard InChI is InChI=1S/C13H16N2S.H2/c1-3-10(2)12-9-16-13(15-12)14-11-7-5-4-6-8-11;/h4-10H,3H2,1-2H3,(H,14,15);1H. The average molecular weight is 234 g/mol. The van der Waals surface area contributed by atoms with E-state index in [1.165, 1.54) is 5.69 Å². The molecule has 1 heterocycles. The molecule has 0 aliphatic carbocycles. The van der Waals surface area contributed by atoms with Crippen molar-refractivity contribution in [1.29, 1.82) is 0 Å². The minimum absolute atomic E-state index is 0. The molecule has 16 heavy (non-hydrogen) atoms. The van der Waals surface area contributed by atoms with E-state index in [1.807, 2.05) is 30.3 Å². The Morgan fingerprint density at radius 1 is 1.38 bits per heavy atom. The summed E-state index contributed by atoms with van der Waals surface area (Å²) in [5.41, 5.74) is 2.28. The third-order valence-electron chi connectivity index (χ3n) is 2.66. The van der Waals surface area contributed by atoms with Gasteiger partial charge in [-0.05, 0) is 24.5 Å². The molecule has 0 radical (unpaired) electrons. The van der Waals surface area contributed by atoms with Crippen molar-refractivity contribution in [2.24, 2.45) is 0 Å². The first-order chi connectivity index (χ1) is 7.79. The maximum atomic E-state index is 4.58. The number of aromatic nitrogens is 1. The van der Waals surface area contributed by atoms with Gasteiger partial charge in [-0.25, -0.2) is 4.98 Å². The number of hydrogen-bond acceptors (Lipinski definition) is 3. The van der Waals surface area contributed by atoms with Gasteiger partial charge in [-0.1, -0.05) is 32.0 Å². The van der Waals surface area contributed by atoms with Crippen LogP contribution >= 0.6 is 11.3 Å². The lowest BCUT2D eigenvalue weighted by Crippen LogP contribution is -1.93. The number of para-hydroxylation sites is 1. The number of rotatable bonds is 4. The molecule has 0 aliphatic rings. The van der Waals surface area contributed by atoms with Crippen LogP contribution in [0.5, 0.6) is 0 Å². The summed E-state index contributed by atoms with van der Waals surface area (Å²) < 4.78 is 0. The highest BCUT2D eigenvalue weighted by Crippen LogP contribution is 2.25. The van der Waals surface area contributed by atoms with Gasteiger partial charge in [0, 0.05) is 12.5 Å². The van der Waals surface area contributed by atoms with E-state index in [1.54, 1.807) is 11.3 Å². The molecule has 0 saturated heterocycles. The molecule has 1 unspecified atom stereocenters. The summed E-state index contributed by atoms with van der Waals surface area (Å²) in [6.45, 7) is 4.40. The van der Waals surface area contributed by atoms with Gasteiger partial charge in [0.25, 0.3) is 0 Å². The van der Waals surface area contributed by atoms with E-state index >= 15 is 0 Å². The van der Waals surface area contributed by atoms with Gasteiger partial charge < -0.3 is 5.32 Å². The SMILES string of the molecule is CCC(C)c1csc(Nc2ccccc2)n1.[HH]. The van der Waals surface area contributed by atoms with Crippen LogP contribution in [0.1, 0.15) is 33.3 Å². The molecular formula is C13H18N2S. The van der Waals surface area contributed by atoms with E-state index in [2.05, 4.69) is 29.5 Å². The summed E-state index contributed by atoms with van der Waals surface area (Å²) in [5.74, 6) is 0.544. The fraction of sp³-hybridized carbons (Fsp3) is 0.308. The van der Waals surface area contributed by atoms with Crippen molar-refractivity contribution in [1.82, 2.24) is 4.98 Å². The molecule has 2 nitrogen and oxygen atoms in total. The van der Waals surface area contributed by atoms with Gasteiger partial charge >= 0.3 is 0 Å². The Morgan fingerprint density at radius 2 is 2.12 bits per heavy atom. The molecule has 0 amide bonds. The Kier molecular flexibility index (Phi) is 3.57. The van der Waals surface area contributed by atoms with Crippen LogP contribution in [-0.2, 0) is 0 Å². The van der Waals surface area contributed by atoms with Crippen molar-refractivity contribution in [3.8, 4) is 0 Å². The lowest BCUT2D eigenvalue weighted by molar-refractivity contribution is 0.714. The summed E-state index contributed by atoms with van der Waals surface area (Å²) in [6.07, 6.45) is 1.13. The fourth-order valence-electron chi connectivity index (χ4n) is 1.42. The van der Waals surface area contributed by atoms with Gasteiger partial charge in [0.1, 0.15) is 0 Å². The second kappa shape index (κ2) is 5.12. The van der Waals surface area contributed by atoms with Gasteiger partial charge in [0.2, 0.25) is 0 Å². The van der Waals surface area contributed by atoms with E-state index in [-0.39, 0.29) is 1.43 Å². The first-order valence-electron chi connectivity index (χ1n) is 5.57. The highest BCUT2D eigenvalue weighted by molar-refractivity contribution is 7.13. The number of thiazole rings is 1. The van der Waals surface area contributed by atoms with Crippen LogP contribution in [0, 0.1) is 0 Å². The second-order valence-corrected chi connectivity index (χ2v) is 4.74. The number of hydrogen-bond donors (Lipinski definition) is 1. The molecule has 0 fully saturated rings. The van der Waals surface area contributed by atoms with Crippen molar-refractivity contribution >= 4 is 22.2 Å². The normalized spacial score (nSPS) is 12.4. The molecule has 3 heteroatoms. The summed E-state index contributed by atoms with van der Waals surface area (Å²) >= 11 is 1.67. The Morgan fingerprint density at radius 3 is 2.81 bits per heavy atom. The topological polar surface area (TPSA) is 24.9 Å². The number of nitrogens with zero attached hydrogens (tertiary/aromatic N) is 1. The Balaban J connectivity index is 0.00000144. The van der Waals surface area contributed by atoms with Crippen molar-refractivity contribution in [3.63, 3.8) is 0 Å². The lowest BCUT2D eigenvalue weighted by atomic mass is 10.1. The number of benzene rings is 1. The van der Waals surface area contributed by atoms with Crippen LogP contribution in [0.2, 0.25) is 0 Å². The molecule has 1 aromatic carbocycles. The molecule has 1 N–H and O–H groups in total. The first-order valence-corrected chi connectivity index (χ1v) is 6.45. The Hall–Kier alpha value is -1.35. The minimum atomic E-state index is 0. The van der Waals surface area contributed by atoms with E-state index in [9.17, 15) is 0 Å². The summed E-state index contributed by atoms with van der Waals surface area (Å²) in [5, 5.41) is 6.42. The van der Waals surface area contributed by atoms with E-state index in [4.69, 9.17) is 0 Å². The first kappa shape index (κ1) is 11.1. The van der Waals surface area contributed by atoms with E-state index < -0.39 is 0 Å². The molecule has 0 aliphatic heterocycles. The molecule has 2 rings (SSSR count). The minimum Gasteiger partial charge on any atom is -0.332 e. The van der Waals surface area contributed by atoms with Gasteiger partial charge in [0.05, 0.1) is 5.69 Å². The van der Waals surface area contributed by atoms with Crippen LogP contribution < -0.4 is 5.32 Å².